The fraction of sp³-hybridized carbons (Fsp3) is 0.300. The van der Waals surface area contributed by atoms with Gasteiger partial charge in [0.05, 0.1) is 13.2 Å². The van der Waals surface area contributed by atoms with Gasteiger partial charge in [-0.05, 0) is 67.6 Å². The third kappa shape index (κ3) is 7.25. The lowest BCUT2D eigenvalue weighted by atomic mass is 9.94. The zero-order valence-corrected chi connectivity index (χ0v) is 24.6. The van der Waals surface area contributed by atoms with Crippen LogP contribution in [0.4, 0.5) is 21.9 Å². The van der Waals surface area contributed by atoms with E-state index in [1.54, 1.807) is 25.1 Å². The molecule has 42 heavy (non-hydrogen) atoms. The van der Waals surface area contributed by atoms with E-state index in [0.29, 0.717) is 33.7 Å². The average molecular weight is 612 g/mol. The van der Waals surface area contributed by atoms with Crippen molar-refractivity contribution >= 4 is 46.4 Å². The van der Waals surface area contributed by atoms with E-state index in [9.17, 15) is 9.90 Å². The quantitative estimate of drug-likeness (QED) is 0.244. The van der Waals surface area contributed by atoms with E-state index in [4.69, 9.17) is 32.7 Å². The number of nitrogens with zero attached hydrogens (tertiary/aromatic N) is 5. The molecule has 0 aliphatic carbocycles. The highest BCUT2D eigenvalue weighted by Gasteiger charge is 2.34. The summed E-state index contributed by atoms with van der Waals surface area (Å²) in [5.74, 6) is 0.621. The lowest BCUT2D eigenvalue weighted by Crippen LogP contribution is -2.46. The monoisotopic (exact) mass is 610 g/mol. The topological polar surface area (TPSA) is 105 Å². The summed E-state index contributed by atoms with van der Waals surface area (Å²) < 4.78 is 12.5. The van der Waals surface area contributed by atoms with Crippen molar-refractivity contribution in [2.24, 2.45) is 0 Å². The molecule has 2 heterocycles. The Morgan fingerprint density at radius 1 is 0.976 bits per heavy atom. The lowest BCUT2D eigenvalue weighted by Gasteiger charge is -2.37. The minimum Gasteiger partial charge on any atom is -0.490 e. The molecule has 0 spiro atoms. The molecule has 220 valence electrons. The van der Waals surface area contributed by atoms with Crippen molar-refractivity contribution in [2.75, 3.05) is 54.5 Å². The van der Waals surface area contributed by atoms with Gasteiger partial charge in [-0.15, -0.1) is 0 Å². The molecule has 1 aliphatic rings. The van der Waals surface area contributed by atoms with Crippen LogP contribution in [0.15, 0.2) is 79.4 Å². The van der Waals surface area contributed by atoms with Crippen molar-refractivity contribution in [3.63, 3.8) is 0 Å². The second-order valence-electron chi connectivity index (χ2n) is 9.90. The molecule has 1 fully saturated rings. The van der Waals surface area contributed by atoms with E-state index < -0.39 is 11.7 Å². The maximum atomic E-state index is 11.7. The molecule has 4 aromatic rings. The van der Waals surface area contributed by atoms with Crippen LogP contribution in [-0.2, 0) is 16.9 Å². The third-order valence-corrected chi connectivity index (χ3v) is 7.58. The summed E-state index contributed by atoms with van der Waals surface area (Å²) in [5, 5.41) is 19.3. The molecule has 1 aliphatic heterocycles. The number of aromatic nitrogens is 3. The highest BCUT2D eigenvalue weighted by atomic mass is 35.5. The number of carbonyl (C=O) groups excluding carboxylic acids is 1. The molecule has 2 N–H and O–H groups in total. The number of hydrogen-bond donors (Lipinski definition) is 2. The van der Waals surface area contributed by atoms with Crippen molar-refractivity contribution < 1.29 is 19.4 Å². The Morgan fingerprint density at radius 3 is 2.19 bits per heavy atom. The molecule has 1 amide bonds. The van der Waals surface area contributed by atoms with Gasteiger partial charge in [0.25, 0.3) is 0 Å². The van der Waals surface area contributed by atoms with Crippen molar-refractivity contribution in [3.8, 4) is 5.75 Å². The summed E-state index contributed by atoms with van der Waals surface area (Å²) >= 11 is 12.5. The van der Waals surface area contributed by atoms with Gasteiger partial charge < -0.3 is 24.4 Å². The number of benzene rings is 3. The van der Waals surface area contributed by atoms with Crippen molar-refractivity contribution in [1.82, 2.24) is 14.8 Å². The standard InChI is InChI=1S/C30H32Cl2N6O4/c1-2-41-29(39)35-23-4-6-24(7-5-23)36-13-15-37(16-14-36)25-8-10-26(11-9-25)42-19-30(40,18-38-21-33-20-34-38)27-12-3-22(31)17-28(27)32/h3-12,17,20-21,40H,2,13-16,18-19H2,1H3,(H,35,39). The molecule has 1 unspecified atom stereocenters. The first-order chi connectivity index (χ1) is 20.3. The van der Waals surface area contributed by atoms with E-state index in [-0.39, 0.29) is 13.2 Å². The maximum absolute atomic E-state index is 11.7. The van der Waals surface area contributed by atoms with Crippen LogP contribution < -0.4 is 19.9 Å². The summed E-state index contributed by atoms with van der Waals surface area (Å²) in [6, 6.07) is 20.6. The minimum atomic E-state index is -1.47. The van der Waals surface area contributed by atoms with Gasteiger partial charge in [0.2, 0.25) is 0 Å². The summed E-state index contributed by atoms with van der Waals surface area (Å²) in [4.78, 5) is 20.2. The van der Waals surface area contributed by atoms with Gasteiger partial charge in [0.1, 0.15) is 30.6 Å². The molecule has 1 aromatic heterocycles. The highest BCUT2D eigenvalue weighted by molar-refractivity contribution is 6.35. The molecular formula is C30H32Cl2N6O4. The Kier molecular flexibility index (Phi) is 9.36. The van der Waals surface area contributed by atoms with Crippen molar-refractivity contribution in [1.29, 1.82) is 0 Å². The summed E-state index contributed by atoms with van der Waals surface area (Å²) in [5.41, 5.74) is 1.91. The average Bonchev–Trinajstić information content (AvgIpc) is 3.50. The number of nitrogens with one attached hydrogen (secondary N) is 1. The fourth-order valence-corrected chi connectivity index (χ4v) is 5.46. The molecule has 12 heteroatoms. The van der Waals surface area contributed by atoms with Crippen LogP contribution in [0.2, 0.25) is 10.0 Å². The molecule has 0 radical (unpaired) electrons. The first kappa shape index (κ1) is 29.5. The molecule has 5 rings (SSSR count). The zero-order chi connectivity index (χ0) is 29.5. The Hall–Kier alpha value is -3.99. The Labute approximate surface area is 254 Å². The first-order valence-electron chi connectivity index (χ1n) is 13.6. The van der Waals surface area contributed by atoms with Crippen LogP contribution in [0, 0.1) is 0 Å². The second kappa shape index (κ2) is 13.3. The number of amides is 1. The Balaban J connectivity index is 1.18. The summed E-state index contributed by atoms with van der Waals surface area (Å²) in [6.07, 6.45) is 2.48. The summed E-state index contributed by atoms with van der Waals surface area (Å²) in [6.45, 7) is 5.58. The first-order valence-corrected chi connectivity index (χ1v) is 14.4. The highest BCUT2D eigenvalue weighted by Crippen LogP contribution is 2.33. The number of ether oxygens (including phenoxy) is 2. The second-order valence-corrected chi connectivity index (χ2v) is 10.7. The third-order valence-electron chi connectivity index (χ3n) is 7.04. The van der Waals surface area contributed by atoms with Gasteiger partial charge in [-0.2, -0.15) is 5.10 Å². The van der Waals surface area contributed by atoms with E-state index in [1.165, 1.54) is 17.3 Å². The van der Waals surface area contributed by atoms with Crippen LogP contribution in [0.1, 0.15) is 12.5 Å². The van der Waals surface area contributed by atoms with Crippen LogP contribution in [0.5, 0.6) is 5.75 Å². The van der Waals surface area contributed by atoms with E-state index >= 15 is 0 Å². The van der Waals surface area contributed by atoms with Gasteiger partial charge in [-0.25, -0.2) is 14.5 Å². The van der Waals surface area contributed by atoms with Crippen LogP contribution in [0.3, 0.4) is 0 Å². The number of halogens is 2. The Bertz CT molecular complexity index is 1460. The molecule has 1 saturated heterocycles. The lowest BCUT2D eigenvalue weighted by molar-refractivity contribution is -0.0269. The fourth-order valence-electron chi connectivity index (χ4n) is 4.88. The van der Waals surface area contributed by atoms with Crippen LogP contribution in [0.25, 0.3) is 0 Å². The largest absolute Gasteiger partial charge is 0.490 e. The van der Waals surface area contributed by atoms with Gasteiger partial charge in [0.15, 0.2) is 0 Å². The number of aliphatic hydroxyl groups is 1. The predicted octanol–water partition coefficient (Wildman–Crippen LogP) is 5.45. The van der Waals surface area contributed by atoms with E-state index in [1.807, 2.05) is 48.5 Å². The van der Waals surface area contributed by atoms with E-state index in [0.717, 1.165) is 37.6 Å². The molecule has 0 bridgehead atoms. The summed E-state index contributed by atoms with van der Waals surface area (Å²) in [7, 11) is 0. The smallest absolute Gasteiger partial charge is 0.411 e. The molecule has 3 aromatic carbocycles. The number of rotatable bonds is 10. The Morgan fingerprint density at radius 2 is 1.62 bits per heavy atom. The zero-order valence-electron chi connectivity index (χ0n) is 23.1. The minimum absolute atomic E-state index is 0.0552. The van der Waals surface area contributed by atoms with Gasteiger partial charge in [-0.3, -0.25) is 5.32 Å². The van der Waals surface area contributed by atoms with Gasteiger partial charge in [-0.1, -0.05) is 29.3 Å². The number of anilines is 3. The molecule has 0 saturated carbocycles. The normalized spacial score (nSPS) is 14.8. The van der Waals surface area contributed by atoms with Crippen molar-refractivity contribution in [2.45, 2.75) is 19.1 Å². The van der Waals surface area contributed by atoms with Gasteiger partial charge >= 0.3 is 6.09 Å². The number of carbonyl (C=O) groups is 1. The number of hydrogen-bond acceptors (Lipinski definition) is 8. The van der Waals surface area contributed by atoms with Crippen LogP contribution in [-0.4, -0.2) is 65.4 Å². The maximum Gasteiger partial charge on any atom is 0.411 e. The predicted molar refractivity (Wildman–Crippen MR) is 164 cm³/mol. The molecular weight excluding hydrogens is 579 g/mol. The number of piperazine rings is 1. The molecule has 1 atom stereocenters. The van der Waals surface area contributed by atoms with Gasteiger partial charge in [0, 0.05) is 58.8 Å². The van der Waals surface area contributed by atoms with Crippen LogP contribution >= 0.6 is 23.2 Å². The SMILES string of the molecule is CCOC(=O)Nc1ccc(N2CCN(c3ccc(OCC(O)(Cn4cncn4)c4ccc(Cl)cc4Cl)cc3)CC2)cc1. The molecule has 10 nitrogen and oxygen atoms in total. The van der Waals surface area contributed by atoms with E-state index in [2.05, 4.69) is 25.2 Å². The van der Waals surface area contributed by atoms with Crippen molar-refractivity contribution in [3.05, 3.63) is 95.0 Å².